The Labute approximate surface area is 120 Å². The summed E-state index contributed by atoms with van der Waals surface area (Å²) >= 11 is 0. The standard InChI is InChI=1S/C14H14.CH6N2O2S/c1-3-7-13(8-4-1)11-12-14-9-5-2-6-10-14;1-6(4,5)3-2/h1-10H,11-12H2;3H,2H2,1H3. The molecule has 2 aromatic rings. The SMILES string of the molecule is CS(=O)(=O)NN.c1ccc(CCc2ccccc2)cc1. The predicted octanol–water partition coefficient (Wildman–Crippen LogP) is 1.88. The molecule has 2 aromatic carbocycles. The summed E-state index contributed by atoms with van der Waals surface area (Å²) in [6, 6.07) is 21.2. The van der Waals surface area contributed by atoms with Crippen LogP contribution in [-0.2, 0) is 22.9 Å². The third-order valence-electron chi connectivity index (χ3n) is 2.60. The van der Waals surface area contributed by atoms with Crippen molar-refractivity contribution >= 4 is 10.0 Å². The second-order valence-electron chi connectivity index (χ2n) is 4.36. The summed E-state index contributed by atoms with van der Waals surface area (Å²) in [7, 11) is -3.13. The molecule has 0 fully saturated rings. The molecule has 0 saturated heterocycles. The molecular weight excluding hydrogens is 272 g/mol. The summed E-state index contributed by atoms with van der Waals surface area (Å²) in [6.07, 6.45) is 3.24. The van der Waals surface area contributed by atoms with Crippen molar-refractivity contribution in [1.82, 2.24) is 4.83 Å². The van der Waals surface area contributed by atoms with Gasteiger partial charge in [-0.05, 0) is 24.0 Å². The van der Waals surface area contributed by atoms with E-state index in [4.69, 9.17) is 0 Å². The number of sulfonamides is 1. The lowest BCUT2D eigenvalue weighted by atomic mass is 10.0. The minimum atomic E-state index is -3.13. The zero-order valence-corrected chi connectivity index (χ0v) is 12.3. The topological polar surface area (TPSA) is 72.2 Å². The highest BCUT2D eigenvalue weighted by Crippen LogP contribution is 2.06. The van der Waals surface area contributed by atoms with Crippen molar-refractivity contribution < 1.29 is 8.42 Å². The van der Waals surface area contributed by atoms with Gasteiger partial charge in [-0.15, -0.1) is 0 Å². The van der Waals surface area contributed by atoms with E-state index in [9.17, 15) is 8.42 Å². The molecule has 0 aliphatic carbocycles. The number of nitrogens with two attached hydrogens (primary N) is 1. The molecule has 3 N–H and O–H groups in total. The van der Waals surface area contributed by atoms with Gasteiger partial charge in [0, 0.05) is 0 Å². The summed E-state index contributed by atoms with van der Waals surface area (Å²) in [4.78, 5) is 1.58. The Bertz CT molecular complexity index is 544. The molecule has 0 atom stereocenters. The van der Waals surface area contributed by atoms with E-state index in [1.165, 1.54) is 11.1 Å². The third kappa shape index (κ3) is 7.68. The van der Waals surface area contributed by atoms with E-state index >= 15 is 0 Å². The fraction of sp³-hybridized carbons (Fsp3) is 0.200. The Balaban J connectivity index is 0.000000286. The first-order valence-corrected chi connectivity index (χ1v) is 8.15. The molecule has 108 valence electrons. The largest absolute Gasteiger partial charge is 0.258 e. The molecule has 0 bridgehead atoms. The number of hydrogen-bond donors (Lipinski definition) is 2. The fourth-order valence-electron chi connectivity index (χ4n) is 1.58. The fourth-order valence-corrected chi connectivity index (χ4v) is 1.58. The molecule has 0 spiro atoms. The van der Waals surface area contributed by atoms with E-state index in [-0.39, 0.29) is 0 Å². The zero-order chi connectivity index (χ0) is 14.8. The Kier molecular flexibility index (Phi) is 6.93. The second-order valence-corrected chi connectivity index (χ2v) is 6.14. The van der Waals surface area contributed by atoms with Gasteiger partial charge in [0.2, 0.25) is 10.0 Å². The molecule has 2 rings (SSSR count). The average molecular weight is 292 g/mol. The van der Waals surface area contributed by atoms with Gasteiger partial charge in [-0.25, -0.2) is 8.42 Å². The van der Waals surface area contributed by atoms with Gasteiger partial charge in [0.05, 0.1) is 6.26 Å². The number of rotatable bonds is 4. The molecule has 5 heteroatoms. The van der Waals surface area contributed by atoms with Crippen molar-refractivity contribution in [1.29, 1.82) is 0 Å². The average Bonchev–Trinajstić information content (AvgIpc) is 2.47. The van der Waals surface area contributed by atoms with E-state index in [1.807, 2.05) is 0 Å². The Morgan fingerprint density at radius 1 is 0.850 bits per heavy atom. The van der Waals surface area contributed by atoms with Crippen molar-refractivity contribution in [2.75, 3.05) is 6.26 Å². The first-order valence-electron chi connectivity index (χ1n) is 6.26. The van der Waals surface area contributed by atoms with Gasteiger partial charge in [0.25, 0.3) is 0 Å². The normalized spacial score (nSPS) is 10.5. The van der Waals surface area contributed by atoms with Crippen molar-refractivity contribution in [3.05, 3.63) is 71.8 Å². The van der Waals surface area contributed by atoms with Gasteiger partial charge in [-0.2, -0.15) is 4.83 Å². The lowest BCUT2D eigenvalue weighted by Crippen LogP contribution is -2.28. The lowest BCUT2D eigenvalue weighted by Gasteiger charge is -2.01. The van der Waals surface area contributed by atoms with Gasteiger partial charge < -0.3 is 0 Å². The van der Waals surface area contributed by atoms with Crippen LogP contribution in [0.5, 0.6) is 0 Å². The van der Waals surface area contributed by atoms with E-state index in [1.54, 1.807) is 4.83 Å². The van der Waals surface area contributed by atoms with E-state index in [0.717, 1.165) is 19.1 Å². The summed E-state index contributed by atoms with van der Waals surface area (Å²) in [5.41, 5.74) is 2.83. The first kappa shape index (κ1) is 16.4. The maximum Gasteiger partial charge on any atom is 0.221 e. The molecule has 0 amide bonds. The smallest absolute Gasteiger partial charge is 0.221 e. The second kappa shape index (κ2) is 8.47. The monoisotopic (exact) mass is 292 g/mol. The molecule has 20 heavy (non-hydrogen) atoms. The maximum atomic E-state index is 9.76. The van der Waals surface area contributed by atoms with Crippen molar-refractivity contribution in [3.8, 4) is 0 Å². The number of nitrogens with one attached hydrogen (secondary N) is 1. The lowest BCUT2D eigenvalue weighted by molar-refractivity contribution is 0.590. The van der Waals surface area contributed by atoms with Crippen LogP contribution in [0.3, 0.4) is 0 Å². The summed E-state index contributed by atoms with van der Waals surface area (Å²) in [6.45, 7) is 0. The highest BCUT2D eigenvalue weighted by atomic mass is 32.2. The van der Waals surface area contributed by atoms with Crippen LogP contribution in [0.15, 0.2) is 60.7 Å². The predicted molar refractivity (Wildman–Crippen MR) is 82.5 cm³/mol. The first-order chi connectivity index (χ1) is 9.51. The van der Waals surface area contributed by atoms with Crippen LogP contribution in [0, 0.1) is 0 Å². The molecule has 0 heterocycles. The van der Waals surface area contributed by atoms with Gasteiger partial charge >= 0.3 is 0 Å². The molecule has 0 aliphatic heterocycles. The van der Waals surface area contributed by atoms with Crippen LogP contribution < -0.4 is 10.7 Å². The Hall–Kier alpha value is -1.69. The van der Waals surface area contributed by atoms with Crippen LogP contribution in [0.4, 0.5) is 0 Å². The zero-order valence-electron chi connectivity index (χ0n) is 11.5. The van der Waals surface area contributed by atoms with Crippen LogP contribution in [0.2, 0.25) is 0 Å². The molecule has 0 saturated carbocycles. The van der Waals surface area contributed by atoms with Crippen LogP contribution in [0.25, 0.3) is 0 Å². The summed E-state index contributed by atoms with van der Waals surface area (Å²) < 4.78 is 19.5. The summed E-state index contributed by atoms with van der Waals surface area (Å²) in [5, 5.41) is 0. The van der Waals surface area contributed by atoms with Gasteiger partial charge in [0.1, 0.15) is 0 Å². The van der Waals surface area contributed by atoms with E-state index in [0.29, 0.717) is 0 Å². The minimum absolute atomic E-state index is 0.979. The maximum absolute atomic E-state index is 9.76. The van der Waals surface area contributed by atoms with Crippen LogP contribution in [-0.4, -0.2) is 14.7 Å². The Morgan fingerprint density at radius 3 is 1.40 bits per heavy atom. The molecule has 4 nitrogen and oxygen atoms in total. The number of aryl methyl sites for hydroxylation is 2. The van der Waals surface area contributed by atoms with E-state index in [2.05, 4.69) is 66.5 Å². The molecule has 0 unspecified atom stereocenters. The highest BCUT2D eigenvalue weighted by Gasteiger charge is 1.93. The third-order valence-corrected chi connectivity index (χ3v) is 3.03. The van der Waals surface area contributed by atoms with Crippen molar-refractivity contribution in [2.24, 2.45) is 5.84 Å². The van der Waals surface area contributed by atoms with Crippen molar-refractivity contribution in [2.45, 2.75) is 12.8 Å². The molecule has 0 aliphatic rings. The Morgan fingerprint density at radius 2 is 1.15 bits per heavy atom. The number of hydrogen-bond acceptors (Lipinski definition) is 3. The number of hydrazine groups is 1. The van der Waals surface area contributed by atoms with Gasteiger partial charge in [-0.3, -0.25) is 5.84 Å². The van der Waals surface area contributed by atoms with Crippen molar-refractivity contribution in [3.63, 3.8) is 0 Å². The minimum Gasteiger partial charge on any atom is -0.258 e. The molecule has 0 aromatic heterocycles. The van der Waals surface area contributed by atoms with Crippen LogP contribution >= 0.6 is 0 Å². The van der Waals surface area contributed by atoms with E-state index < -0.39 is 10.0 Å². The quantitative estimate of drug-likeness (QED) is 0.667. The summed E-state index contributed by atoms with van der Waals surface area (Å²) in [5.74, 6) is 4.47. The highest BCUT2D eigenvalue weighted by molar-refractivity contribution is 7.88. The number of benzene rings is 2. The van der Waals surface area contributed by atoms with Crippen LogP contribution in [0.1, 0.15) is 11.1 Å². The molecular formula is C15H20N2O2S. The van der Waals surface area contributed by atoms with Gasteiger partial charge in [0.15, 0.2) is 0 Å². The van der Waals surface area contributed by atoms with Gasteiger partial charge in [-0.1, -0.05) is 60.7 Å². The molecule has 0 radical (unpaired) electrons.